The van der Waals surface area contributed by atoms with Gasteiger partial charge in [-0.15, -0.1) is 0 Å². The molecule has 0 bridgehead atoms. The van der Waals surface area contributed by atoms with Gasteiger partial charge in [0.1, 0.15) is 4.90 Å². The third-order valence-electron chi connectivity index (χ3n) is 2.89. The van der Waals surface area contributed by atoms with Crippen molar-refractivity contribution >= 4 is 21.6 Å². The molecule has 18 heavy (non-hydrogen) atoms. The zero-order valence-corrected chi connectivity index (χ0v) is 11.5. The molecule has 1 atom stereocenters. The largest absolute Gasteiger partial charge is 0.384 e. The Morgan fingerprint density at radius 1 is 1.50 bits per heavy atom. The van der Waals surface area contributed by atoms with Crippen molar-refractivity contribution < 1.29 is 13.2 Å². The van der Waals surface area contributed by atoms with Crippen molar-refractivity contribution in [3.8, 4) is 0 Å². The summed E-state index contributed by atoms with van der Waals surface area (Å²) in [5, 5.41) is 0.0348. The lowest BCUT2D eigenvalue weighted by atomic mass is 10.1. The van der Waals surface area contributed by atoms with Crippen LogP contribution >= 0.6 is 11.6 Å². The molecule has 2 heterocycles. The highest BCUT2D eigenvalue weighted by Crippen LogP contribution is 2.23. The lowest BCUT2D eigenvalue weighted by Gasteiger charge is -2.15. The van der Waals surface area contributed by atoms with Gasteiger partial charge >= 0.3 is 0 Å². The smallest absolute Gasteiger partial charge is 0.246 e. The van der Waals surface area contributed by atoms with Crippen molar-refractivity contribution in [3.63, 3.8) is 0 Å². The fraction of sp³-hybridized carbons (Fsp3) is 0.600. The predicted molar refractivity (Wildman–Crippen MR) is 65.8 cm³/mol. The average molecular weight is 292 g/mol. The molecule has 0 N–H and O–H groups in total. The highest BCUT2D eigenvalue weighted by molar-refractivity contribution is 7.89. The van der Waals surface area contributed by atoms with Crippen molar-refractivity contribution in [2.24, 2.45) is 5.92 Å². The Morgan fingerprint density at radius 2 is 2.17 bits per heavy atom. The summed E-state index contributed by atoms with van der Waals surface area (Å²) in [7, 11) is -1.90. The summed E-state index contributed by atoms with van der Waals surface area (Å²) < 4.78 is 31.0. The van der Waals surface area contributed by atoms with Gasteiger partial charge in [0.2, 0.25) is 15.3 Å². The van der Waals surface area contributed by atoms with E-state index < -0.39 is 10.0 Å². The quantitative estimate of drug-likeness (QED) is 0.767. The molecule has 1 saturated heterocycles. The van der Waals surface area contributed by atoms with Gasteiger partial charge in [-0.25, -0.2) is 18.4 Å². The van der Waals surface area contributed by atoms with Crippen molar-refractivity contribution in [2.45, 2.75) is 11.3 Å². The second kappa shape index (κ2) is 5.48. The Balaban J connectivity index is 2.15. The molecular weight excluding hydrogens is 278 g/mol. The summed E-state index contributed by atoms with van der Waals surface area (Å²) in [6.07, 6.45) is 3.27. The van der Waals surface area contributed by atoms with E-state index in [0.717, 1.165) is 6.42 Å². The summed E-state index contributed by atoms with van der Waals surface area (Å²) in [5.41, 5.74) is 0. The van der Waals surface area contributed by atoms with Crippen LogP contribution in [0.5, 0.6) is 0 Å². The lowest BCUT2D eigenvalue weighted by Crippen LogP contribution is -2.29. The van der Waals surface area contributed by atoms with Crippen molar-refractivity contribution in [3.05, 3.63) is 17.7 Å². The molecule has 0 spiro atoms. The summed E-state index contributed by atoms with van der Waals surface area (Å²) >= 11 is 5.54. The SMILES string of the molecule is COCC1CCN(S(=O)(=O)c2cnc(Cl)nc2)C1. The van der Waals surface area contributed by atoms with Crippen LogP contribution in [-0.4, -0.2) is 49.5 Å². The van der Waals surface area contributed by atoms with E-state index in [9.17, 15) is 8.42 Å². The monoisotopic (exact) mass is 291 g/mol. The maximum atomic E-state index is 12.3. The maximum Gasteiger partial charge on any atom is 0.246 e. The fourth-order valence-electron chi connectivity index (χ4n) is 1.97. The first kappa shape index (κ1) is 13.7. The Labute approximate surface area is 111 Å². The van der Waals surface area contributed by atoms with Crippen LogP contribution in [-0.2, 0) is 14.8 Å². The predicted octanol–water partition coefficient (Wildman–Crippen LogP) is 0.787. The van der Waals surface area contributed by atoms with E-state index in [1.807, 2.05) is 0 Å². The molecule has 0 amide bonds. The van der Waals surface area contributed by atoms with Gasteiger partial charge in [-0.2, -0.15) is 4.31 Å². The number of methoxy groups -OCH3 is 1. The molecule has 0 aromatic carbocycles. The number of rotatable bonds is 4. The van der Waals surface area contributed by atoms with Gasteiger partial charge in [-0.1, -0.05) is 0 Å². The molecule has 1 aromatic rings. The minimum atomic E-state index is -3.51. The molecular formula is C10H14ClN3O3S. The molecule has 0 aliphatic carbocycles. The van der Waals surface area contributed by atoms with E-state index >= 15 is 0 Å². The zero-order chi connectivity index (χ0) is 13.2. The first-order chi connectivity index (χ1) is 8.54. The van der Waals surface area contributed by atoms with Crippen LogP contribution in [0.1, 0.15) is 6.42 Å². The van der Waals surface area contributed by atoms with Gasteiger partial charge in [-0.05, 0) is 23.9 Å². The van der Waals surface area contributed by atoms with Crippen LogP contribution in [0.2, 0.25) is 5.28 Å². The average Bonchev–Trinajstić information content (AvgIpc) is 2.79. The first-order valence-corrected chi connectivity index (χ1v) is 7.32. The van der Waals surface area contributed by atoms with Crippen LogP contribution in [0.3, 0.4) is 0 Å². The summed E-state index contributed by atoms with van der Waals surface area (Å²) in [6, 6.07) is 0. The third-order valence-corrected chi connectivity index (χ3v) is 4.90. The molecule has 8 heteroatoms. The maximum absolute atomic E-state index is 12.3. The summed E-state index contributed by atoms with van der Waals surface area (Å²) in [6.45, 7) is 1.54. The van der Waals surface area contributed by atoms with Gasteiger partial charge in [0.05, 0.1) is 19.0 Å². The highest BCUT2D eigenvalue weighted by atomic mass is 35.5. The molecule has 1 unspecified atom stereocenters. The molecule has 0 radical (unpaired) electrons. The minimum absolute atomic E-state index is 0.0348. The topological polar surface area (TPSA) is 72.4 Å². The molecule has 1 fully saturated rings. The fourth-order valence-corrected chi connectivity index (χ4v) is 3.49. The Kier molecular flexibility index (Phi) is 4.16. The zero-order valence-electron chi connectivity index (χ0n) is 9.91. The van der Waals surface area contributed by atoms with Crippen molar-refractivity contribution in [1.82, 2.24) is 14.3 Å². The Bertz CT molecular complexity index is 506. The van der Waals surface area contributed by atoms with E-state index in [2.05, 4.69) is 9.97 Å². The molecule has 100 valence electrons. The van der Waals surface area contributed by atoms with Crippen LogP contribution in [0.4, 0.5) is 0 Å². The van der Waals surface area contributed by atoms with E-state index in [1.54, 1.807) is 7.11 Å². The molecule has 2 rings (SSSR count). The molecule has 0 saturated carbocycles. The molecule has 1 aromatic heterocycles. The normalized spacial score (nSPS) is 21.3. The van der Waals surface area contributed by atoms with Gasteiger partial charge < -0.3 is 4.74 Å². The van der Waals surface area contributed by atoms with Gasteiger partial charge in [0.15, 0.2) is 0 Å². The summed E-state index contributed by atoms with van der Waals surface area (Å²) in [4.78, 5) is 7.47. The molecule has 6 nitrogen and oxygen atoms in total. The van der Waals surface area contributed by atoms with E-state index in [0.29, 0.717) is 19.7 Å². The number of sulfonamides is 1. The number of hydrogen-bond donors (Lipinski definition) is 0. The van der Waals surface area contributed by atoms with Crippen LogP contribution in [0, 0.1) is 5.92 Å². The summed E-state index contributed by atoms with van der Waals surface area (Å²) in [5.74, 6) is 0.248. The highest BCUT2D eigenvalue weighted by Gasteiger charge is 2.32. The third kappa shape index (κ3) is 2.80. The van der Waals surface area contributed by atoms with Crippen molar-refractivity contribution in [1.29, 1.82) is 0 Å². The second-order valence-corrected chi connectivity index (χ2v) is 6.44. The van der Waals surface area contributed by atoms with Gasteiger partial charge in [-0.3, -0.25) is 0 Å². The number of halogens is 1. The molecule has 1 aliphatic heterocycles. The minimum Gasteiger partial charge on any atom is -0.384 e. The van der Waals surface area contributed by atoms with Gasteiger partial charge in [0, 0.05) is 20.2 Å². The first-order valence-electron chi connectivity index (χ1n) is 5.50. The van der Waals surface area contributed by atoms with E-state index in [1.165, 1.54) is 16.7 Å². The number of hydrogen-bond acceptors (Lipinski definition) is 5. The Hall–Kier alpha value is -0.760. The van der Waals surface area contributed by atoms with Crippen molar-refractivity contribution in [2.75, 3.05) is 26.8 Å². The van der Waals surface area contributed by atoms with Crippen LogP contribution < -0.4 is 0 Å². The standard InChI is InChI=1S/C10H14ClN3O3S/c1-17-7-8-2-3-14(6-8)18(15,16)9-4-12-10(11)13-5-9/h4-5,8H,2-3,6-7H2,1H3. The van der Waals surface area contributed by atoms with Crippen LogP contribution in [0.15, 0.2) is 17.3 Å². The van der Waals surface area contributed by atoms with E-state index in [4.69, 9.17) is 16.3 Å². The number of aromatic nitrogens is 2. The number of ether oxygens (including phenoxy) is 1. The van der Waals surface area contributed by atoms with E-state index in [-0.39, 0.29) is 16.1 Å². The lowest BCUT2D eigenvalue weighted by molar-refractivity contribution is 0.157. The van der Waals surface area contributed by atoms with Crippen LogP contribution in [0.25, 0.3) is 0 Å². The number of nitrogens with zero attached hydrogens (tertiary/aromatic N) is 3. The van der Waals surface area contributed by atoms with Gasteiger partial charge in [0.25, 0.3) is 0 Å². The second-order valence-electron chi connectivity index (χ2n) is 4.16. The Morgan fingerprint density at radius 3 is 2.78 bits per heavy atom. The molecule has 1 aliphatic rings.